The summed E-state index contributed by atoms with van der Waals surface area (Å²) in [6.07, 6.45) is -0.993. The normalized spacial score (nSPS) is 15.9. The predicted molar refractivity (Wildman–Crippen MR) is 166 cm³/mol. The molecule has 0 bridgehead atoms. The quantitative estimate of drug-likeness (QED) is 0.292. The molecule has 0 unspecified atom stereocenters. The molecule has 9 nitrogen and oxygen atoms in total. The fourth-order valence-electron chi connectivity index (χ4n) is 6.30. The van der Waals surface area contributed by atoms with Gasteiger partial charge in [-0.2, -0.15) is 4.98 Å². The maximum Gasteiger partial charge on any atom is 0.407 e. The van der Waals surface area contributed by atoms with Crippen LogP contribution in [0, 0.1) is 12.7 Å². The van der Waals surface area contributed by atoms with E-state index in [0.717, 1.165) is 11.1 Å². The number of para-hydroxylation sites is 1. The van der Waals surface area contributed by atoms with Crippen molar-refractivity contribution in [3.8, 4) is 22.7 Å². The Bertz CT molecular complexity index is 1770. The van der Waals surface area contributed by atoms with E-state index >= 15 is 4.39 Å². The Kier molecular flexibility index (Phi) is 7.66. The highest BCUT2D eigenvalue weighted by atomic mass is 19.1. The molecule has 1 fully saturated rings. The Balaban J connectivity index is 1.97. The maximum atomic E-state index is 15.4. The monoisotopic (exact) mass is 587 g/mol. The summed E-state index contributed by atoms with van der Waals surface area (Å²) in [6, 6.07) is 11.4. The number of nitrogens with zero attached hydrogens (tertiary/aromatic N) is 5. The fourth-order valence-corrected chi connectivity index (χ4v) is 6.30. The topological polar surface area (TPSA) is 112 Å². The first kappa shape index (κ1) is 30.0. The average molecular weight is 588 g/mol. The van der Waals surface area contributed by atoms with Crippen molar-refractivity contribution in [2.24, 2.45) is 0 Å². The molecule has 4 aromatic rings. The minimum absolute atomic E-state index is 0.0367. The van der Waals surface area contributed by atoms with Crippen LogP contribution in [-0.2, 0) is 5.41 Å². The minimum atomic E-state index is -0.993. The van der Waals surface area contributed by atoms with Gasteiger partial charge in [-0.1, -0.05) is 58.9 Å². The van der Waals surface area contributed by atoms with Crippen LogP contribution in [0.2, 0.25) is 0 Å². The Morgan fingerprint density at radius 3 is 2.37 bits per heavy atom. The van der Waals surface area contributed by atoms with Gasteiger partial charge < -0.3 is 20.0 Å². The Morgan fingerprint density at radius 2 is 1.77 bits per heavy atom. The van der Waals surface area contributed by atoms with Crippen molar-refractivity contribution in [3.05, 3.63) is 75.5 Å². The van der Waals surface area contributed by atoms with Crippen molar-refractivity contribution in [3.63, 3.8) is 0 Å². The second kappa shape index (κ2) is 11.0. The molecule has 1 aliphatic rings. The number of amides is 1. The van der Waals surface area contributed by atoms with Crippen LogP contribution in [0.5, 0.6) is 5.75 Å². The van der Waals surface area contributed by atoms with Gasteiger partial charge in [0.15, 0.2) is 5.65 Å². The summed E-state index contributed by atoms with van der Waals surface area (Å²) < 4.78 is 16.9. The Hall–Kier alpha value is -4.47. The van der Waals surface area contributed by atoms with Crippen LogP contribution in [-0.4, -0.2) is 61.4 Å². The molecular formula is C33H38FN5O4. The second-order valence-electron chi connectivity index (χ2n) is 12.6. The number of carbonyl (C=O) groups is 1. The number of carboxylic acid groups (broad SMARTS) is 1. The van der Waals surface area contributed by atoms with E-state index in [-0.39, 0.29) is 42.1 Å². The molecule has 1 atom stereocenters. The second-order valence-corrected chi connectivity index (χ2v) is 12.6. The summed E-state index contributed by atoms with van der Waals surface area (Å²) in [4.78, 5) is 38.9. The molecule has 43 heavy (non-hydrogen) atoms. The zero-order chi connectivity index (χ0) is 31.4. The molecule has 2 aromatic heterocycles. The third-order valence-electron chi connectivity index (χ3n) is 8.20. The van der Waals surface area contributed by atoms with E-state index in [0.29, 0.717) is 34.6 Å². The number of fused-ring (bicyclic) bond motifs is 1. The molecule has 0 aliphatic carbocycles. The smallest absolute Gasteiger partial charge is 0.407 e. The number of pyridine rings is 1. The molecular weight excluding hydrogens is 549 g/mol. The van der Waals surface area contributed by atoms with Crippen molar-refractivity contribution in [1.29, 1.82) is 0 Å². The van der Waals surface area contributed by atoms with Crippen molar-refractivity contribution in [2.75, 3.05) is 24.5 Å². The number of hydrogen-bond acceptors (Lipinski definition) is 6. The van der Waals surface area contributed by atoms with Gasteiger partial charge in [0.05, 0.1) is 22.3 Å². The third-order valence-corrected chi connectivity index (χ3v) is 8.20. The minimum Gasteiger partial charge on any atom is -0.507 e. The summed E-state index contributed by atoms with van der Waals surface area (Å²) in [6.45, 7) is 14.8. The number of anilines is 1. The number of aromatic hydroxyl groups is 1. The zero-order valence-corrected chi connectivity index (χ0v) is 25.6. The van der Waals surface area contributed by atoms with Gasteiger partial charge in [0.2, 0.25) is 0 Å². The van der Waals surface area contributed by atoms with Gasteiger partial charge in [0, 0.05) is 25.7 Å². The highest BCUT2D eigenvalue weighted by molar-refractivity contribution is 5.96. The molecule has 10 heteroatoms. The number of phenols is 1. The van der Waals surface area contributed by atoms with Crippen LogP contribution in [0.1, 0.15) is 64.2 Å². The van der Waals surface area contributed by atoms with Gasteiger partial charge in [-0.3, -0.25) is 0 Å². The van der Waals surface area contributed by atoms with E-state index in [4.69, 9.17) is 4.98 Å². The van der Waals surface area contributed by atoms with E-state index < -0.39 is 23.0 Å². The lowest BCUT2D eigenvalue weighted by Gasteiger charge is -2.40. The Morgan fingerprint density at radius 1 is 1.07 bits per heavy atom. The highest BCUT2D eigenvalue weighted by Gasteiger charge is 2.34. The van der Waals surface area contributed by atoms with E-state index in [1.54, 1.807) is 0 Å². The summed E-state index contributed by atoms with van der Waals surface area (Å²) in [7, 11) is 0. The van der Waals surface area contributed by atoms with E-state index in [9.17, 15) is 19.8 Å². The SMILES string of the molecule is Cc1c(-c2c(O)cccc2F)nc2c(c(N3CCN(C(=O)O)C[C@@H]3C)nc(=O)n2-c2ccccc2C(C)C)c1C(C)(C)C. The summed E-state index contributed by atoms with van der Waals surface area (Å²) in [5, 5.41) is 21.1. The van der Waals surface area contributed by atoms with Crippen molar-refractivity contribution < 1.29 is 19.4 Å². The molecule has 5 rings (SSSR count). The number of aromatic nitrogens is 3. The van der Waals surface area contributed by atoms with Crippen LogP contribution >= 0.6 is 0 Å². The third kappa shape index (κ3) is 5.19. The van der Waals surface area contributed by atoms with Crippen LogP contribution in [0.3, 0.4) is 0 Å². The first-order valence-corrected chi connectivity index (χ1v) is 14.5. The number of hydrogen-bond donors (Lipinski definition) is 2. The lowest BCUT2D eigenvalue weighted by molar-refractivity contribution is 0.136. The average Bonchev–Trinajstić information content (AvgIpc) is 2.92. The number of phenolic OH excluding ortho intramolecular Hbond substituents is 1. The van der Waals surface area contributed by atoms with Crippen molar-refractivity contribution >= 4 is 22.9 Å². The standard InChI is InChI=1S/C33H38FN5O4/c1-18(2)21-11-8-9-13-23(21)39-30-26(29(36-31(39)41)38-16-15-37(32(42)43)17-19(38)3)27(33(5,6)7)20(4)28(35-30)25-22(34)12-10-14-24(25)40/h8-14,18-19,40H,15-17H2,1-7H3,(H,42,43)/t19-/m0/s1. The van der Waals surface area contributed by atoms with Gasteiger partial charge >= 0.3 is 11.8 Å². The zero-order valence-electron chi connectivity index (χ0n) is 25.6. The molecule has 0 spiro atoms. The maximum absolute atomic E-state index is 15.4. The van der Waals surface area contributed by atoms with Crippen molar-refractivity contribution in [1.82, 2.24) is 19.4 Å². The largest absolute Gasteiger partial charge is 0.507 e. The van der Waals surface area contributed by atoms with E-state index in [1.165, 1.54) is 27.7 Å². The molecule has 0 radical (unpaired) electrons. The molecule has 1 saturated heterocycles. The molecule has 2 N–H and O–H groups in total. The Labute approximate surface area is 250 Å². The van der Waals surface area contributed by atoms with Gasteiger partial charge in [-0.15, -0.1) is 0 Å². The van der Waals surface area contributed by atoms with Crippen LogP contribution in [0.15, 0.2) is 47.3 Å². The number of benzene rings is 2. The highest BCUT2D eigenvalue weighted by Crippen LogP contribution is 2.43. The number of piperazine rings is 1. The van der Waals surface area contributed by atoms with Crippen LogP contribution < -0.4 is 10.6 Å². The lowest BCUT2D eigenvalue weighted by Crippen LogP contribution is -2.54. The molecule has 1 aliphatic heterocycles. The molecule has 2 aromatic carbocycles. The number of rotatable bonds is 4. The van der Waals surface area contributed by atoms with Crippen LogP contribution in [0.4, 0.5) is 15.0 Å². The fraction of sp³-hybridized carbons (Fsp3) is 0.394. The molecule has 0 saturated carbocycles. The molecule has 226 valence electrons. The first-order chi connectivity index (χ1) is 20.2. The summed E-state index contributed by atoms with van der Waals surface area (Å²) >= 11 is 0. The molecule has 1 amide bonds. The molecule has 3 heterocycles. The lowest BCUT2D eigenvalue weighted by atomic mass is 9.80. The summed E-state index contributed by atoms with van der Waals surface area (Å²) in [5.74, 6) is -0.386. The van der Waals surface area contributed by atoms with Gasteiger partial charge in [0.1, 0.15) is 17.4 Å². The first-order valence-electron chi connectivity index (χ1n) is 14.5. The summed E-state index contributed by atoms with van der Waals surface area (Å²) in [5.41, 5.74) is 2.42. The predicted octanol–water partition coefficient (Wildman–Crippen LogP) is 6.21. The van der Waals surface area contributed by atoms with Crippen LogP contribution in [0.25, 0.3) is 28.0 Å². The van der Waals surface area contributed by atoms with Gasteiger partial charge in [-0.05, 0) is 60.1 Å². The van der Waals surface area contributed by atoms with Crippen molar-refractivity contribution in [2.45, 2.75) is 65.8 Å². The van der Waals surface area contributed by atoms with Gasteiger partial charge in [0.25, 0.3) is 0 Å². The number of halogens is 1. The van der Waals surface area contributed by atoms with E-state index in [1.807, 2.05) is 77.6 Å². The van der Waals surface area contributed by atoms with Gasteiger partial charge in [-0.25, -0.2) is 23.5 Å². The van der Waals surface area contributed by atoms with E-state index in [2.05, 4.69) is 4.98 Å².